The standard InChI is InChI=1S/C26H30N2O6/c1-26(15-33-2,24(31)27-17-11-16(12-17)13-23(29)30)28-25(32)34-14-22-20-9-5-3-7-18(20)19-8-4-6-10-21(19)22/h3-10,16-17,22H,11-15H2,1-2H3,(H,27,31)(H,28,32)(H,29,30). The first-order chi connectivity index (χ1) is 16.3. The largest absolute Gasteiger partial charge is 0.481 e. The van der Waals surface area contributed by atoms with Crippen molar-refractivity contribution < 1.29 is 29.0 Å². The molecule has 0 spiro atoms. The monoisotopic (exact) mass is 466 g/mol. The van der Waals surface area contributed by atoms with Gasteiger partial charge in [0.05, 0.1) is 6.61 Å². The lowest BCUT2D eigenvalue weighted by Crippen LogP contribution is -2.62. The van der Waals surface area contributed by atoms with Crippen LogP contribution < -0.4 is 10.6 Å². The van der Waals surface area contributed by atoms with Crippen LogP contribution in [-0.2, 0) is 19.1 Å². The lowest BCUT2D eigenvalue weighted by Gasteiger charge is -2.38. The molecule has 1 unspecified atom stereocenters. The quantitative estimate of drug-likeness (QED) is 0.523. The van der Waals surface area contributed by atoms with E-state index in [9.17, 15) is 14.4 Å². The molecule has 1 atom stereocenters. The fourth-order valence-electron chi connectivity index (χ4n) is 4.92. The number of methoxy groups -OCH3 is 1. The molecule has 8 heteroatoms. The number of hydrogen-bond donors (Lipinski definition) is 3. The summed E-state index contributed by atoms with van der Waals surface area (Å²) in [5, 5.41) is 14.4. The van der Waals surface area contributed by atoms with Gasteiger partial charge in [0, 0.05) is 25.5 Å². The van der Waals surface area contributed by atoms with Gasteiger partial charge in [0.15, 0.2) is 0 Å². The number of fused-ring (bicyclic) bond motifs is 3. The number of carboxylic acids is 1. The number of carbonyl (C=O) groups is 3. The first-order valence-electron chi connectivity index (χ1n) is 11.5. The molecular weight excluding hydrogens is 436 g/mol. The average molecular weight is 467 g/mol. The molecular formula is C26H30N2O6. The van der Waals surface area contributed by atoms with Crippen LogP contribution in [0.15, 0.2) is 48.5 Å². The van der Waals surface area contributed by atoms with Crippen LogP contribution >= 0.6 is 0 Å². The molecule has 180 valence electrons. The summed E-state index contributed by atoms with van der Waals surface area (Å²) in [6.07, 6.45) is 0.603. The Balaban J connectivity index is 1.36. The van der Waals surface area contributed by atoms with Gasteiger partial charge in [-0.05, 0) is 47.9 Å². The molecule has 0 aromatic heterocycles. The van der Waals surface area contributed by atoms with E-state index in [1.165, 1.54) is 7.11 Å². The number of aliphatic carboxylic acids is 1. The molecule has 2 aliphatic rings. The fourth-order valence-corrected chi connectivity index (χ4v) is 4.92. The van der Waals surface area contributed by atoms with Crippen LogP contribution in [-0.4, -0.2) is 55.0 Å². The summed E-state index contributed by atoms with van der Waals surface area (Å²) in [6, 6.07) is 16.0. The van der Waals surface area contributed by atoms with Gasteiger partial charge in [-0.2, -0.15) is 0 Å². The third kappa shape index (κ3) is 4.92. The average Bonchev–Trinajstić information content (AvgIpc) is 3.10. The number of rotatable bonds is 9. The Labute approximate surface area is 198 Å². The molecule has 8 nitrogen and oxygen atoms in total. The Bertz CT molecular complexity index is 1030. The highest BCUT2D eigenvalue weighted by atomic mass is 16.5. The van der Waals surface area contributed by atoms with Crippen molar-refractivity contribution in [2.45, 2.75) is 43.7 Å². The van der Waals surface area contributed by atoms with E-state index in [0.717, 1.165) is 22.3 Å². The minimum absolute atomic E-state index is 0.0334. The van der Waals surface area contributed by atoms with Crippen LogP contribution in [0.4, 0.5) is 4.79 Å². The maximum absolute atomic E-state index is 12.9. The second-order valence-electron chi connectivity index (χ2n) is 9.32. The third-order valence-corrected chi connectivity index (χ3v) is 6.69. The lowest BCUT2D eigenvalue weighted by atomic mass is 9.78. The summed E-state index contributed by atoms with van der Waals surface area (Å²) < 4.78 is 10.8. The van der Waals surface area contributed by atoms with Crippen molar-refractivity contribution in [3.8, 4) is 11.1 Å². The van der Waals surface area contributed by atoms with Crippen molar-refractivity contribution in [1.82, 2.24) is 10.6 Å². The van der Waals surface area contributed by atoms with E-state index >= 15 is 0 Å². The van der Waals surface area contributed by atoms with Crippen LogP contribution in [0.5, 0.6) is 0 Å². The minimum atomic E-state index is -1.32. The highest BCUT2D eigenvalue weighted by Gasteiger charge is 2.40. The molecule has 0 aliphatic heterocycles. The SMILES string of the molecule is COCC(C)(NC(=O)OCC1c2ccccc2-c2ccccc21)C(=O)NC1CC(CC(=O)O)C1. The molecule has 2 amide bonds. The Morgan fingerprint density at radius 1 is 1.03 bits per heavy atom. The van der Waals surface area contributed by atoms with E-state index in [1.807, 2.05) is 36.4 Å². The van der Waals surface area contributed by atoms with Crippen LogP contribution in [0.25, 0.3) is 11.1 Å². The number of benzene rings is 2. The van der Waals surface area contributed by atoms with Crippen LogP contribution in [0, 0.1) is 5.92 Å². The van der Waals surface area contributed by atoms with E-state index < -0.39 is 17.6 Å². The number of hydrogen-bond acceptors (Lipinski definition) is 5. The van der Waals surface area contributed by atoms with Crippen LogP contribution in [0.2, 0.25) is 0 Å². The van der Waals surface area contributed by atoms with Crippen molar-refractivity contribution in [3.05, 3.63) is 59.7 Å². The smallest absolute Gasteiger partial charge is 0.408 e. The topological polar surface area (TPSA) is 114 Å². The number of carbonyl (C=O) groups excluding carboxylic acids is 2. The van der Waals surface area contributed by atoms with Gasteiger partial charge in [0.25, 0.3) is 0 Å². The van der Waals surface area contributed by atoms with E-state index in [1.54, 1.807) is 6.92 Å². The number of nitrogens with one attached hydrogen (secondary N) is 2. The van der Waals surface area contributed by atoms with E-state index in [2.05, 4.69) is 22.8 Å². The molecule has 2 aliphatic carbocycles. The molecule has 2 aromatic carbocycles. The highest BCUT2D eigenvalue weighted by molar-refractivity contribution is 5.90. The Hall–Kier alpha value is -3.39. The fraction of sp³-hybridized carbons (Fsp3) is 0.423. The Morgan fingerprint density at radius 3 is 2.18 bits per heavy atom. The molecule has 0 bridgehead atoms. The summed E-state index contributed by atoms with van der Waals surface area (Å²) in [5.74, 6) is -1.24. The van der Waals surface area contributed by atoms with Crippen molar-refractivity contribution in [1.29, 1.82) is 0 Å². The summed E-state index contributed by atoms with van der Waals surface area (Å²) >= 11 is 0. The first kappa shape index (κ1) is 23.8. The number of carboxylic acid groups (broad SMARTS) is 1. The van der Waals surface area contributed by atoms with Gasteiger partial charge in [-0.25, -0.2) is 4.79 Å². The summed E-state index contributed by atoms with van der Waals surface area (Å²) in [7, 11) is 1.46. The zero-order valence-electron chi connectivity index (χ0n) is 19.4. The maximum atomic E-state index is 12.9. The molecule has 3 N–H and O–H groups in total. The van der Waals surface area contributed by atoms with Gasteiger partial charge in [0.1, 0.15) is 12.1 Å². The normalized spacial score (nSPS) is 20.3. The molecule has 0 radical (unpaired) electrons. The van der Waals surface area contributed by atoms with Gasteiger partial charge < -0.3 is 25.2 Å². The minimum Gasteiger partial charge on any atom is -0.481 e. The summed E-state index contributed by atoms with van der Waals surface area (Å²) in [5.41, 5.74) is 3.16. The second-order valence-corrected chi connectivity index (χ2v) is 9.32. The molecule has 1 saturated carbocycles. The zero-order chi connectivity index (χ0) is 24.3. The van der Waals surface area contributed by atoms with Gasteiger partial charge in [-0.15, -0.1) is 0 Å². The molecule has 2 aromatic rings. The van der Waals surface area contributed by atoms with E-state index in [4.69, 9.17) is 14.6 Å². The lowest BCUT2D eigenvalue weighted by molar-refractivity contribution is -0.139. The predicted octanol–water partition coefficient (Wildman–Crippen LogP) is 3.30. The van der Waals surface area contributed by atoms with Crippen molar-refractivity contribution in [2.75, 3.05) is 20.3 Å². The number of amides is 2. The van der Waals surface area contributed by atoms with Gasteiger partial charge in [-0.3, -0.25) is 9.59 Å². The van der Waals surface area contributed by atoms with Gasteiger partial charge in [0.2, 0.25) is 5.91 Å². The molecule has 0 heterocycles. The third-order valence-electron chi connectivity index (χ3n) is 6.69. The number of ether oxygens (including phenoxy) is 2. The molecule has 4 rings (SSSR count). The molecule has 1 fully saturated rings. The first-order valence-corrected chi connectivity index (χ1v) is 11.5. The molecule has 0 saturated heterocycles. The van der Waals surface area contributed by atoms with Crippen molar-refractivity contribution >= 4 is 18.0 Å². The van der Waals surface area contributed by atoms with E-state index in [-0.39, 0.29) is 43.4 Å². The maximum Gasteiger partial charge on any atom is 0.408 e. The Morgan fingerprint density at radius 2 is 1.62 bits per heavy atom. The zero-order valence-corrected chi connectivity index (χ0v) is 19.4. The second kappa shape index (κ2) is 9.85. The van der Waals surface area contributed by atoms with E-state index in [0.29, 0.717) is 12.8 Å². The molecule has 34 heavy (non-hydrogen) atoms. The van der Waals surface area contributed by atoms with Crippen molar-refractivity contribution in [2.24, 2.45) is 5.92 Å². The summed E-state index contributed by atoms with van der Waals surface area (Å²) in [6.45, 7) is 1.69. The number of alkyl carbamates (subject to hydrolysis) is 1. The van der Waals surface area contributed by atoms with Gasteiger partial charge in [-0.1, -0.05) is 48.5 Å². The Kier molecular flexibility index (Phi) is 6.88. The van der Waals surface area contributed by atoms with Gasteiger partial charge >= 0.3 is 12.1 Å². The highest BCUT2D eigenvalue weighted by Crippen LogP contribution is 2.44. The van der Waals surface area contributed by atoms with Crippen LogP contribution in [0.1, 0.15) is 43.2 Å². The van der Waals surface area contributed by atoms with Crippen molar-refractivity contribution in [3.63, 3.8) is 0 Å². The van der Waals surface area contributed by atoms with Crippen LogP contribution in [0.3, 0.4) is 0 Å². The summed E-state index contributed by atoms with van der Waals surface area (Å²) in [4.78, 5) is 36.5. The predicted molar refractivity (Wildman–Crippen MR) is 125 cm³/mol.